The highest BCUT2D eigenvalue weighted by Crippen LogP contribution is 2.38. The standard InChI is InChI=1S/C12H26N2O/c1-11(10-13(3)4)14(5)8-9-15-12(2)6-7-12/h11H,6-10H2,1-5H3. The van der Waals surface area contributed by atoms with Gasteiger partial charge in [0, 0.05) is 19.1 Å². The zero-order valence-electron chi connectivity index (χ0n) is 10.9. The molecule has 1 aliphatic carbocycles. The van der Waals surface area contributed by atoms with Gasteiger partial charge in [0.25, 0.3) is 0 Å². The molecule has 0 amide bonds. The highest BCUT2D eigenvalue weighted by Gasteiger charge is 2.38. The van der Waals surface area contributed by atoms with E-state index in [2.05, 4.69) is 44.8 Å². The lowest BCUT2D eigenvalue weighted by molar-refractivity contribution is 0.0282. The molecule has 1 fully saturated rings. The maximum absolute atomic E-state index is 5.81. The van der Waals surface area contributed by atoms with Gasteiger partial charge in [-0.3, -0.25) is 0 Å². The second-order valence-corrected chi connectivity index (χ2v) is 5.39. The molecule has 0 aromatic carbocycles. The SMILES string of the molecule is CC(CN(C)C)N(C)CCOC1(C)CC1. The molecule has 3 nitrogen and oxygen atoms in total. The Bertz CT molecular complexity index is 190. The quantitative estimate of drug-likeness (QED) is 0.638. The molecule has 0 aromatic rings. The van der Waals surface area contributed by atoms with Crippen LogP contribution in [0.3, 0.4) is 0 Å². The van der Waals surface area contributed by atoms with Crippen molar-refractivity contribution < 1.29 is 4.74 Å². The zero-order valence-corrected chi connectivity index (χ0v) is 10.9. The largest absolute Gasteiger partial charge is 0.374 e. The van der Waals surface area contributed by atoms with E-state index in [0.29, 0.717) is 6.04 Å². The lowest BCUT2D eigenvalue weighted by Crippen LogP contribution is -2.39. The van der Waals surface area contributed by atoms with Crippen molar-refractivity contribution in [2.24, 2.45) is 0 Å². The molecule has 0 radical (unpaired) electrons. The van der Waals surface area contributed by atoms with E-state index in [4.69, 9.17) is 4.74 Å². The van der Waals surface area contributed by atoms with Crippen molar-refractivity contribution in [3.63, 3.8) is 0 Å². The second kappa shape index (κ2) is 5.28. The highest BCUT2D eigenvalue weighted by molar-refractivity contribution is 4.90. The summed E-state index contributed by atoms with van der Waals surface area (Å²) in [7, 11) is 6.41. The van der Waals surface area contributed by atoms with Crippen LogP contribution in [-0.4, -0.2) is 62.3 Å². The monoisotopic (exact) mass is 214 g/mol. The van der Waals surface area contributed by atoms with E-state index in [1.807, 2.05) is 0 Å². The molecule has 1 aliphatic rings. The van der Waals surface area contributed by atoms with Gasteiger partial charge < -0.3 is 14.5 Å². The van der Waals surface area contributed by atoms with Crippen LogP contribution in [0.1, 0.15) is 26.7 Å². The van der Waals surface area contributed by atoms with Crippen molar-refractivity contribution in [3.8, 4) is 0 Å². The van der Waals surface area contributed by atoms with Crippen LogP contribution in [0.2, 0.25) is 0 Å². The molecule has 0 spiro atoms. The van der Waals surface area contributed by atoms with Crippen molar-refractivity contribution in [2.75, 3.05) is 40.8 Å². The Labute approximate surface area is 94.4 Å². The Morgan fingerprint density at radius 2 is 1.87 bits per heavy atom. The van der Waals surface area contributed by atoms with E-state index >= 15 is 0 Å². The summed E-state index contributed by atoms with van der Waals surface area (Å²) in [6.45, 7) is 7.47. The van der Waals surface area contributed by atoms with Crippen molar-refractivity contribution in [1.29, 1.82) is 0 Å². The first-order chi connectivity index (χ1) is 6.93. The number of nitrogens with zero attached hydrogens (tertiary/aromatic N) is 2. The molecule has 1 saturated carbocycles. The minimum Gasteiger partial charge on any atom is -0.374 e. The van der Waals surface area contributed by atoms with E-state index in [-0.39, 0.29) is 5.60 Å². The molecule has 0 aliphatic heterocycles. The maximum Gasteiger partial charge on any atom is 0.0657 e. The topological polar surface area (TPSA) is 15.7 Å². The molecule has 0 bridgehead atoms. The third kappa shape index (κ3) is 4.96. The lowest BCUT2D eigenvalue weighted by atomic mass is 10.3. The Balaban J connectivity index is 2.08. The summed E-state index contributed by atoms with van der Waals surface area (Å²) in [6, 6.07) is 0.593. The van der Waals surface area contributed by atoms with Crippen LogP contribution in [0.25, 0.3) is 0 Å². The molecule has 1 rings (SSSR count). The summed E-state index contributed by atoms with van der Waals surface area (Å²) in [5, 5.41) is 0. The minimum atomic E-state index is 0.228. The average Bonchev–Trinajstić information content (AvgIpc) is 2.82. The summed E-state index contributed by atoms with van der Waals surface area (Å²) in [6.07, 6.45) is 2.48. The fourth-order valence-corrected chi connectivity index (χ4v) is 1.64. The second-order valence-electron chi connectivity index (χ2n) is 5.39. The molecule has 0 saturated heterocycles. The third-order valence-corrected chi connectivity index (χ3v) is 3.23. The fourth-order valence-electron chi connectivity index (χ4n) is 1.64. The van der Waals surface area contributed by atoms with Crippen LogP contribution in [0.4, 0.5) is 0 Å². The summed E-state index contributed by atoms with van der Waals surface area (Å²) in [5.74, 6) is 0. The summed E-state index contributed by atoms with van der Waals surface area (Å²) < 4.78 is 5.81. The van der Waals surface area contributed by atoms with E-state index in [1.165, 1.54) is 12.8 Å². The van der Waals surface area contributed by atoms with Gasteiger partial charge >= 0.3 is 0 Å². The van der Waals surface area contributed by atoms with Crippen LogP contribution in [-0.2, 0) is 4.74 Å². The van der Waals surface area contributed by atoms with Gasteiger partial charge in [-0.1, -0.05) is 0 Å². The molecule has 0 aromatic heterocycles. The molecule has 1 atom stereocenters. The molecular formula is C12H26N2O. The van der Waals surface area contributed by atoms with Gasteiger partial charge in [-0.2, -0.15) is 0 Å². The molecule has 90 valence electrons. The zero-order chi connectivity index (χ0) is 11.5. The minimum absolute atomic E-state index is 0.228. The highest BCUT2D eigenvalue weighted by atomic mass is 16.5. The maximum atomic E-state index is 5.81. The normalized spacial score (nSPS) is 21.0. The van der Waals surface area contributed by atoms with Crippen molar-refractivity contribution >= 4 is 0 Å². The average molecular weight is 214 g/mol. The van der Waals surface area contributed by atoms with Gasteiger partial charge in [0.2, 0.25) is 0 Å². The first kappa shape index (κ1) is 12.9. The summed E-state index contributed by atoms with van der Waals surface area (Å²) in [5.41, 5.74) is 0.228. The fraction of sp³-hybridized carbons (Fsp3) is 1.00. The molecule has 0 heterocycles. The van der Waals surface area contributed by atoms with Gasteiger partial charge in [-0.15, -0.1) is 0 Å². The Morgan fingerprint density at radius 1 is 1.27 bits per heavy atom. The Hall–Kier alpha value is -0.120. The molecular weight excluding hydrogens is 188 g/mol. The van der Waals surface area contributed by atoms with Gasteiger partial charge in [-0.05, 0) is 47.8 Å². The molecule has 15 heavy (non-hydrogen) atoms. The summed E-state index contributed by atoms with van der Waals surface area (Å²) in [4.78, 5) is 4.59. The van der Waals surface area contributed by atoms with Crippen LogP contribution < -0.4 is 0 Å². The van der Waals surface area contributed by atoms with E-state index < -0.39 is 0 Å². The first-order valence-corrected chi connectivity index (χ1v) is 5.92. The summed E-state index contributed by atoms with van der Waals surface area (Å²) >= 11 is 0. The number of hydrogen-bond acceptors (Lipinski definition) is 3. The van der Waals surface area contributed by atoms with E-state index in [9.17, 15) is 0 Å². The van der Waals surface area contributed by atoms with Crippen LogP contribution in [0.5, 0.6) is 0 Å². The molecule has 0 N–H and O–H groups in total. The van der Waals surface area contributed by atoms with Gasteiger partial charge in [0.15, 0.2) is 0 Å². The van der Waals surface area contributed by atoms with Gasteiger partial charge in [0.05, 0.1) is 12.2 Å². The smallest absolute Gasteiger partial charge is 0.0657 e. The van der Waals surface area contributed by atoms with Crippen molar-refractivity contribution in [1.82, 2.24) is 9.80 Å². The van der Waals surface area contributed by atoms with Gasteiger partial charge in [-0.25, -0.2) is 0 Å². The van der Waals surface area contributed by atoms with Gasteiger partial charge in [0.1, 0.15) is 0 Å². The number of ether oxygens (including phenoxy) is 1. The van der Waals surface area contributed by atoms with Crippen LogP contribution in [0.15, 0.2) is 0 Å². The van der Waals surface area contributed by atoms with E-state index in [0.717, 1.165) is 19.7 Å². The third-order valence-electron chi connectivity index (χ3n) is 3.23. The number of hydrogen-bond donors (Lipinski definition) is 0. The van der Waals surface area contributed by atoms with E-state index in [1.54, 1.807) is 0 Å². The lowest BCUT2D eigenvalue weighted by Gasteiger charge is -2.27. The van der Waals surface area contributed by atoms with Crippen molar-refractivity contribution in [3.05, 3.63) is 0 Å². The predicted octanol–water partition coefficient (Wildman–Crippen LogP) is 1.44. The Morgan fingerprint density at radius 3 is 2.33 bits per heavy atom. The first-order valence-electron chi connectivity index (χ1n) is 5.92. The predicted molar refractivity (Wildman–Crippen MR) is 64.2 cm³/mol. The van der Waals surface area contributed by atoms with Crippen LogP contribution >= 0.6 is 0 Å². The van der Waals surface area contributed by atoms with Crippen molar-refractivity contribution in [2.45, 2.75) is 38.3 Å². The number of likely N-dealkylation sites (N-methyl/N-ethyl adjacent to an activating group) is 2. The Kier molecular flexibility index (Phi) is 4.56. The van der Waals surface area contributed by atoms with Crippen LogP contribution in [0, 0.1) is 0 Å². The molecule has 1 unspecified atom stereocenters. The number of rotatable bonds is 7. The molecule has 3 heteroatoms.